The molecule has 13 heterocycles. The molecule has 11 aromatic rings. The Labute approximate surface area is 459 Å². The topological polar surface area (TPSA) is 383 Å². The third-order valence-corrected chi connectivity index (χ3v) is 8.87. The van der Waals surface area contributed by atoms with E-state index in [4.69, 9.17) is 0 Å². The maximum atomic E-state index is 4.04. The predicted octanol–water partition coefficient (Wildman–Crippen LogP) is 3.94. The highest BCUT2D eigenvalue weighted by Crippen LogP contribution is 1.98. The van der Waals surface area contributed by atoms with Crippen LogP contribution < -0.4 is 0 Å². The third kappa shape index (κ3) is 42.7. The third-order valence-electron chi connectivity index (χ3n) is 7.46. The number of tetrazole rings is 3. The number of aromatic nitrogens is 29. The Morgan fingerprint density at radius 2 is 1.46 bits per heavy atom. The summed E-state index contributed by atoms with van der Waals surface area (Å²) in [5.41, 5.74) is 6.23. The first-order chi connectivity index (χ1) is 37.6. The van der Waals surface area contributed by atoms with Gasteiger partial charge in [-0.2, -0.15) is 40.3 Å². The van der Waals surface area contributed by atoms with Crippen molar-refractivity contribution in [1.29, 1.82) is 0 Å². The zero-order valence-corrected chi connectivity index (χ0v) is 47.5. The number of imidazole rings is 2. The first kappa shape index (κ1) is 66.3. The van der Waals surface area contributed by atoms with Crippen molar-refractivity contribution in [3.8, 4) is 0 Å². The minimum Gasteiger partial charge on any atom is -0.349 e. The zero-order chi connectivity index (χ0) is 57.3. The van der Waals surface area contributed by atoms with Crippen molar-refractivity contribution in [2.24, 2.45) is 50.2 Å². The molecule has 2 aliphatic heterocycles. The molecule has 13 rings (SSSR count). The van der Waals surface area contributed by atoms with Crippen LogP contribution in [-0.4, -0.2) is 177 Å². The minimum atomic E-state index is 0.645. The van der Waals surface area contributed by atoms with Gasteiger partial charge in [-0.1, -0.05) is 11.3 Å². The van der Waals surface area contributed by atoms with Crippen molar-refractivity contribution in [3.63, 3.8) is 0 Å². The molecule has 416 valence electrons. The van der Waals surface area contributed by atoms with Gasteiger partial charge in [0.15, 0.2) is 12.2 Å². The van der Waals surface area contributed by atoms with E-state index in [0.717, 1.165) is 46.0 Å². The molecule has 11 aromatic heterocycles. The molecule has 0 aliphatic carbocycles. The Morgan fingerprint density at radius 3 is 1.63 bits per heavy atom. The van der Waals surface area contributed by atoms with Gasteiger partial charge < -0.3 is 9.97 Å². The highest BCUT2D eigenvalue weighted by atomic mass is 32.1. The number of hydrogen-bond acceptors (Lipinski definition) is 25. The first-order valence-corrected chi connectivity index (χ1v) is 24.6. The van der Waals surface area contributed by atoms with Crippen molar-refractivity contribution < 1.29 is 0 Å². The summed E-state index contributed by atoms with van der Waals surface area (Å²) < 4.78 is 4.92. The van der Waals surface area contributed by atoms with Gasteiger partial charge in [-0.3, -0.25) is 39.4 Å². The fraction of sp³-hybridized carbons (Fsp3) is 0.341. The molecule has 0 spiro atoms. The quantitative estimate of drug-likeness (QED) is 0.167. The van der Waals surface area contributed by atoms with E-state index in [1.807, 2.05) is 97.2 Å². The summed E-state index contributed by atoms with van der Waals surface area (Å²) in [7, 11) is 8.97. The Balaban J connectivity index is 0.000000422. The highest BCUT2D eigenvalue weighted by Gasteiger charge is 1.87. The van der Waals surface area contributed by atoms with Crippen LogP contribution in [0.3, 0.4) is 0 Å². The van der Waals surface area contributed by atoms with Gasteiger partial charge >= 0.3 is 0 Å². The van der Waals surface area contributed by atoms with Crippen LogP contribution in [0.5, 0.6) is 0 Å². The average molecular weight is 1110 g/mol. The SMILES string of the molecule is CC1=NCC=C1.CC1=NCN=C1.Cc1cnc[nH]1.Cc1cscn1.Cc1ncc[nH]1.Cc1nccs1.Cc1ncn[nH]1.Cc1nn[nH]n1.Cn1cccn1.Cn1cncn1.Cn1cnnn1.Cn1nccn1.Cn1ncnn1. The zero-order valence-electron chi connectivity index (χ0n) is 45.9. The summed E-state index contributed by atoms with van der Waals surface area (Å²) in [6.45, 7) is 17.0. The fourth-order valence-electron chi connectivity index (χ4n) is 3.88. The monoisotopic (exact) mass is 1110 g/mol. The number of nitrogens with one attached hydrogen (secondary N) is 4. The normalized spacial score (nSPS) is 10.3. The lowest BCUT2D eigenvalue weighted by Gasteiger charge is -1.77. The number of thiazole rings is 2. The number of nitrogens with zero attached hydrogens (tertiary/aromatic N) is 28. The number of H-pyrrole nitrogens is 4. The van der Waals surface area contributed by atoms with Crippen LogP contribution >= 0.6 is 22.7 Å². The van der Waals surface area contributed by atoms with Crippen molar-refractivity contribution in [2.75, 3.05) is 13.2 Å². The molecule has 0 saturated carbocycles. The van der Waals surface area contributed by atoms with Crippen molar-refractivity contribution in [3.05, 3.63) is 156 Å². The summed E-state index contributed by atoms with van der Waals surface area (Å²) in [5.74, 6) is 2.50. The van der Waals surface area contributed by atoms with Crippen molar-refractivity contribution >= 4 is 40.3 Å². The number of aromatic amines is 4. The predicted molar refractivity (Wildman–Crippen MR) is 297 cm³/mol. The number of allylic oxidation sites excluding steroid dienone is 1. The van der Waals surface area contributed by atoms with E-state index >= 15 is 0 Å². The molecule has 0 unspecified atom stereocenters. The van der Waals surface area contributed by atoms with E-state index in [0.29, 0.717) is 12.5 Å². The molecule has 2 aliphatic rings. The van der Waals surface area contributed by atoms with Crippen LogP contribution in [-0.2, 0) is 35.2 Å². The van der Waals surface area contributed by atoms with Crippen LogP contribution in [0.2, 0.25) is 0 Å². The summed E-state index contributed by atoms with van der Waals surface area (Å²) in [6, 6.07) is 1.89. The minimum absolute atomic E-state index is 0.645. The van der Waals surface area contributed by atoms with Gasteiger partial charge in [0.25, 0.3) is 0 Å². The largest absolute Gasteiger partial charge is 0.349 e. The summed E-state index contributed by atoms with van der Waals surface area (Å²) in [6.07, 6.45) is 29.1. The van der Waals surface area contributed by atoms with Gasteiger partial charge in [0, 0.05) is 99.4 Å². The lowest BCUT2D eigenvalue weighted by Crippen LogP contribution is -1.90. The molecule has 78 heavy (non-hydrogen) atoms. The van der Waals surface area contributed by atoms with Crippen LogP contribution in [0.15, 0.2) is 137 Å². The van der Waals surface area contributed by atoms with Crippen molar-refractivity contribution in [1.82, 2.24) is 146 Å². The molecule has 34 heteroatoms. The van der Waals surface area contributed by atoms with E-state index in [2.05, 4.69) is 143 Å². The van der Waals surface area contributed by atoms with Gasteiger partial charge in [-0.05, 0) is 83.2 Å². The molecule has 4 N–H and O–H groups in total. The number of rotatable bonds is 0. The van der Waals surface area contributed by atoms with Crippen LogP contribution in [0.1, 0.15) is 47.7 Å². The lowest BCUT2D eigenvalue weighted by molar-refractivity contribution is 0.630. The van der Waals surface area contributed by atoms with Crippen LogP contribution in [0.4, 0.5) is 0 Å². The lowest BCUT2D eigenvalue weighted by atomic mass is 10.4. The molecule has 0 saturated heterocycles. The van der Waals surface area contributed by atoms with Gasteiger partial charge in [-0.15, -0.1) is 48.2 Å². The van der Waals surface area contributed by atoms with Gasteiger partial charge in [0.05, 0.1) is 48.5 Å². The fourth-order valence-corrected chi connectivity index (χ4v) is 4.86. The summed E-state index contributed by atoms with van der Waals surface area (Å²) in [5, 5.41) is 59.8. The first-order valence-electron chi connectivity index (χ1n) is 22.8. The standard InChI is InChI=1S/C5H7N.4C4H6N2.2C4H5NS.3C3H5N3.3C2H4N4/c1-5-3-2-4-6-5;2*1-4-2-5-3-6-4;1-6-4-2-3-5-6;1-4-5-2-3-6-4;1-4-2-6-3-5-4;1-4-5-2-3-6-4;1-6-3-4-2-5-6;1-6-4-2-3-5-6;1-3-4-2-5-6-3;1-6-2-3-4-5-6;1-6-4-2-3-5-6;1-2-3-5-6-4-2/h2-3H,4H2,1H3;2H,3H2,1H3;2-3H,1H3,(H,5,6);2-4H,1H3;2-3H,1H3,(H,5,6);4*2-3H,1H3;2H,1H3,(H,4,5,6);2*2H,1H3;1H3,(H,3,4,5,6). The molecule has 32 nitrogen and oxygen atoms in total. The number of aliphatic imine (C=N–C) groups is 3. The number of aryl methyl sites for hydroxylation is 11. The smallest absolute Gasteiger partial charge is 0.171 e. The van der Waals surface area contributed by atoms with E-state index in [1.54, 1.807) is 122 Å². The molecular weight excluding hydrogens is 1040 g/mol. The van der Waals surface area contributed by atoms with Crippen molar-refractivity contribution in [2.45, 2.75) is 55.4 Å². The Kier molecular flexibility index (Phi) is 38.0. The molecule has 0 aromatic carbocycles. The molecule has 0 atom stereocenters. The van der Waals surface area contributed by atoms with Gasteiger partial charge in [0.1, 0.15) is 43.6 Å². The second-order valence-electron chi connectivity index (χ2n) is 14.4. The second-order valence-corrected chi connectivity index (χ2v) is 16.3. The average Bonchev–Trinajstić information content (AvgIpc) is 4.23. The van der Waals surface area contributed by atoms with E-state index in [1.165, 1.54) is 39.6 Å². The molecule has 0 amide bonds. The van der Waals surface area contributed by atoms with Crippen LogP contribution in [0.25, 0.3) is 0 Å². The van der Waals surface area contributed by atoms with E-state index in [9.17, 15) is 0 Å². The highest BCUT2D eigenvalue weighted by molar-refractivity contribution is 7.09. The Hall–Kier alpha value is -9.73. The molecule has 0 radical (unpaired) electrons. The maximum Gasteiger partial charge on any atom is 0.171 e. The Bertz CT molecular complexity index is 2290. The van der Waals surface area contributed by atoms with Gasteiger partial charge in [0.2, 0.25) is 0 Å². The maximum absolute atomic E-state index is 4.04. The summed E-state index contributed by atoms with van der Waals surface area (Å²) >= 11 is 3.30. The molecule has 0 bridgehead atoms. The second kappa shape index (κ2) is 44.7. The van der Waals surface area contributed by atoms with Crippen LogP contribution in [0, 0.1) is 41.5 Å². The Morgan fingerprint density at radius 1 is 0.654 bits per heavy atom. The molecule has 0 fully saturated rings. The number of hydrogen-bond donors (Lipinski definition) is 4. The van der Waals surface area contributed by atoms with Gasteiger partial charge in [-0.25, -0.2) is 24.6 Å². The molecular formula is C44H68N32S2. The van der Waals surface area contributed by atoms with E-state index < -0.39 is 0 Å². The van der Waals surface area contributed by atoms with E-state index in [-0.39, 0.29) is 0 Å². The summed E-state index contributed by atoms with van der Waals surface area (Å²) in [4.78, 5) is 43.4.